The highest BCUT2D eigenvalue weighted by atomic mass is 35.5. The molecule has 1 aromatic heterocycles. The van der Waals surface area contributed by atoms with E-state index in [1.807, 2.05) is 13.0 Å². The fraction of sp³-hybridized carbons (Fsp3) is 0.160. The van der Waals surface area contributed by atoms with Crippen molar-refractivity contribution in [3.8, 4) is 0 Å². The van der Waals surface area contributed by atoms with Gasteiger partial charge in [-0.1, -0.05) is 48.0 Å². The first-order chi connectivity index (χ1) is 16.2. The van der Waals surface area contributed by atoms with Gasteiger partial charge in [-0.05, 0) is 42.8 Å². The molecule has 1 aliphatic heterocycles. The van der Waals surface area contributed by atoms with E-state index in [1.54, 1.807) is 60.7 Å². The summed E-state index contributed by atoms with van der Waals surface area (Å²) in [5.41, 5.74) is 1.37. The lowest BCUT2D eigenvalue weighted by molar-refractivity contribution is -0.0676. The summed E-state index contributed by atoms with van der Waals surface area (Å²) in [6.07, 6.45) is -1.16. The molecule has 2 atom stereocenters. The maximum Gasteiger partial charge on any atom is 0.413 e. The minimum absolute atomic E-state index is 0.152. The van der Waals surface area contributed by atoms with Crippen molar-refractivity contribution in [2.24, 2.45) is 0 Å². The van der Waals surface area contributed by atoms with Crippen LogP contribution in [0, 0.1) is 0 Å². The van der Waals surface area contributed by atoms with Crippen LogP contribution in [0.3, 0.4) is 0 Å². The standard InChI is InChI=1S/C25H21ClN4O4/c1-14(15-6-5-7-17(26)12-15)30-22(31)18-8-3-4-9-19(18)25(30,34)16-10-11-20-21(13-16)28-23(27-20)29(2)24(32)33/h3-14,34H,1-2H3,(H,27,28)(H,32,33). The van der Waals surface area contributed by atoms with E-state index in [0.29, 0.717) is 32.7 Å². The molecule has 1 aliphatic rings. The summed E-state index contributed by atoms with van der Waals surface area (Å²) >= 11 is 6.20. The molecule has 0 saturated heterocycles. The van der Waals surface area contributed by atoms with Gasteiger partial charge in [0.05, 0.1) is 17.1 Å². The molecule has 0 saturated carbocycles. The normalized spacial score (nSPS) is 18.2. The number of anilines is 1. The van der Waals surface area contributed by atoms with Crippen LogP contribution in [-0.4, -0.2) is 44.1 Å². The number of aromatic amines is 1. The van der Waals surface area contributed by atoms with Crippen molar-refractivity contribution >= 4 is 40.6 Å². The first-order valence-electron chi connectivity index (χ1n) is 10.6. The Labute approximate surface area is 200 Å². The third kappa shape index (κ3) is 3.22. The molecule has 172 valence electrons. The number of aromatic nitrogens is 2. The highest BCUT2D eigenvalue weighted by molar-refractivity contribution is 6.30. The average molecular weight is 477 g/mol. The van der Waals surface area contributed by atoms with Crippen LogP contribution in [0.15, 0.2) is 66.7 Å². The van der Waals surface area contributed by atoms with Gasteiger partial charge in [-0.25, -0.2) is 9.78 Å². The van der Waals surface area contributed by atoms with Gasteiger partial charge in [-0.3, -0.25) is 14.6 Å². The predicted octanol–water partition coefficient (Wildman–Crippen LogP) is 4.74. The van der Waals surface area contributed by atoms with Crippen molar-refractivity contribution in [3.05, 3.63) is 94.0 Å². The number of imidazole rings is 1. The Morgan fingerprint density at radius 3 is 2.65 bits per heavy atom. The van der Waals surface area contributed by atoms with E-state index in [9.17, 15) is 19.8 Å². The van der Waals surface area contributed by atoms with Crippen molar-refractivity contribution in [2.75, 3.05) is 11.9 Å². The summed E-state index contributed by atoms with van der Waals surface area (Å²) in [5.74, 6) is -0.155. The molecular weight excluding hydrogens is 456 g/mol. The maximum atomic E-state index is 13.6. The van der Waals surface area contributed by atoms with Crippen LogP contribution in [0.4, 0.5) is 10.7 Å². The van der Waals surface area contributed by atoms with E-state index in [2.05, 4.69) is 9.97 Å². The second-order valence-electron chi connectivity index (χ2n) is 8.26. The second-order valence-corrected chi connectivity index (χ2v) is 8.69. The lowest BCUT2D eigenvalue weighted by Crippen LogP contribution is -2.46. The molecule has 0 spiro atoms. The van der Waals surface area contributed by atoms with Crippen LogP contribution in [0.2, 0.25) is 5.02 Å². The summed E-state index contributed by atoms with van der Waals surface area (Å²) in [6, 6.07) is 18.7. The molecule has 0 bridgehead atoms. The van der Waals surface area contributed by atoms with E-state index in [-0.39, 0.29) is 11.9 Å². The van der Waals surface area contributed by atoms with Crippen LogP contribution in [0.25, 0.3) is 11.0 Å². The van der Waals surface area contributed by atoms with Crippen molar-refractivity contribution < 1.29 is 19.8 Å². The monoisotopic (exact) mass is 476 g/mol. The Bertz CT molecular complexity index is 1450. The second kappa shape index (κ2) is 7.86. The molecule has 0 fully saturated rings. The summed E-state index contributed by atoms with van der Waals surface area (Å²) in [4.78, 5) is 34.6. The molecule has 2 heterocycles. The van der Waals surface area contributed by atoms with Crippen molar-refractivity contribution in [2.45, 2.75) is 18.7 Å². The lowest BCUT2D eigenvalue weighted by atomic mass is 9.92. The summed E-state index contributed by atoms with van der Waals surface area (Å²) in [7, 11) is 1.38. The minimum Gasteiger partial charge on any atom is -0.465 e. The number of fused-ring (bicyclic) bond motifs is 2. The Hall–Kier alpha value is -3.88. The zero-order valence-corrected chi connectivity index (χ0v) is 19.1. The topological polar surface area (TPSA) is 110 Å². The molecule has 2 amide bonds. The van der Waals surface area contributed by atoms with Gasteiger partial charge in [0.2, 0.25) is 5.95 Å². The predicted molar refractivity (Wildman–Crippen MR) is 128 cm³/mol. The number of halogens is 1. The van der Waals surface area contributed by atoms with E-state index in [1.165, 1.54) is 11.9 Å². The summed E-state index contributed by atoms with van der Waals surface area (Å²) < 4.78 is 0. The third-order valence-corrected chi connectivity index (χ3v) is 6.53. The summed E-state index contributed by atoms with van der Waals surface area (Å²) in [5, 5.41) is 22.0. The molecule has 34 heavy (non-hydrogen) atoms. The summed E-state index contributed by atoms with van der Waals surface area (Å²) in [6.45, 7) is 1.84. The highest BCUT2D eigenvalue weighted by Gasteiger charge is 2.52. The Kier molecular flexibility index (Phi) is 5.07. The fourth-order valence-electron chi connectivity index (χ4n) is 4.50. The van der Waals surface area contributed by atoms with Gasteiger partial charge in [0, 0.05) is 28.8 Å². The molecule has 4 aromatic rings. The molecule has 9 heteroatoms. The molecule has 2 unspecified atom stereocenters. The van der Waals surface area contributed by atoms with Gasteiger partial charge in [0.25, 0.3) is 5.91 Å². The average Bonchev–Trinajstić information content (AvgIpc) is 3.35. The molecule has 3 aromatic carbocycles. The van der Waals surface area contributed by atoms with Crippen molar-refractivity contribution in [1.29, 1.82) is 0 Å². The Morgan fingerprint density at radius 1 is 1.15 bits per heavy atom. The smallest absolute Gasteiger partial charge is 0.413 e. The third-order valence-electron chi connectivity index (χ3n) is 6.30. The molecule has 0 aliphatic carbocycles. The van der Waals surface area contributed by atoms with Crippen LogP contribution in [-0.2, 0) is 5.72 Å². The highest BCUT2D eigenvalue weighted by Crippen LogP contribution is 2.47. The number of nitrogens with zero attached hydrogens (tertiary/aromatic N) is 3. The van der Waals surface area contributed by atoms with E-state index < -0.39 is 17.9 Å². The van der Waals surface area contributed by atoms with Crippen molar-refractivity contribution in [3.63, 3.8) is 0 Å². The quantitative estimate of drug-likeness (QED) is 0.394. The molecule has 5 rings (SSSR count). The lowest BCUT2D eigenvalue weighted by Gasteiger charge is -2.39. The number of amides is 2. The SMILES string of the molecule is CC(c1cccc(Cl)c1)N1C(=O)c2ccccc2C1(O)c1ccc2[nH]c(N(C)C(=O)O)nc2c1. The number of nitrogens with one attached hydrogen (secondary N) is 1. The van der Waals surface area contributed by atoms with Gasteiger partial charge < -0.3 is 15.2 Å². The Balaban J connectivity index is 1.68. The van der Waals surface area contributed by atoms with Crippen LogP contribution < -0.4 is 4.90 Å². The zero-order chi connectivity index (χ0) is 24.2. The van der Waals surface area contributed by atoms with E-state index >= 15 is 0 Å². The van der Waals surface area contributed by atoms with Gasteiger partial charge in [-0.2, -0.15) is 0 Å². The Morgan fingerprint density at radius 2 is 1.91 bits per heavy atom. The fourth-order valence-corrected chi connectivity index (χ4v) is 4.70. The van der Waals surface area contributed by atoms with Crippen LogP contribution in [0.1, 0.15) is 40.0 Å². The number of carbonyl (C=O) groups excluding carboxylic acids is 1. The van der Waals surface area contributed by atoms with E-state index in [0.717, 1.165) is 10.5 Å². The van der Waals surface area contributed by atoms with Crippen molar-refractivity contribution in [1.82, 2.24) is 14.9 Å². The number of rotatable bonds is 4. The molecule has 8 nitrogen and oxygen atoms in total. The number of hydrogen-bond acceptors (Lipinski definition) is 4. The van der Waals surface area contributed by atoms with E-state index in [4.69, 9.17) is 11.6 Å². The number of aliphatic hydroxyl groups is 1. The minimum atomic E-state index is -1.78. The van der Waals surface area contributed by atoms with Crippen LogP contribution in [0.5, 0.6) is 0 Å². The number of benzene rings is 3. The van der Waals surface area contributed by atoms with Gasteiger partial charge in [0.15, 0.2) is 5.72 Å². The molecule has 0 radical (unpaired) electrons. The number of H-pyrrole nitrogens is 1. The largest absolute Gasteiger partial charge is 0.465 e. The zero-order valence-electron chi connectivity index (χ0n) is 18.4. The molecule has 3 N–H and O–H groups in total. The maximum absolute atomic E-state index is 13.6. The van der Waals surface area contributed by atoms with Gasteiger partial charge in [-0.15, -0.1) is 0 Å². The van der Waals surface area contributed by atoms with Gasteiger partial charge in [0.1, 0.15) is 0 Å². The molecular formula is C25H21ClN4O4. The first-order valence-corrected chi connectivity index (χ1v) is 11.0. The first kappa shape index (κ1) is 21.9. The number of hydrogen-bond donors (Lipinski definition) is 3. The van der Waals surface area contributed by atoms with Crippen LogP contribution >= 0.6 is 11.6 Å². The number of carbonyl (C=O) groups is 2. The number of carboxylic acid groups (broad SMARTS) is 1. The van der Waals surface area contributed by atoms with Gasteiger partial charge >= 0.3 is 6.09 Å².